The van der Waals surface area contributed by atoms with Crippen molar-refractivity contribution < 1.29 is 39.3 Å². The monoisotopic (exact) mass is 424 g/mol. The number of hydrogen-bond donors (Lipinski definition) is 7. The summed E-state index contributed by atoms with van der Waals surface area (Å²) in [6.45, 7) is -1.53. The van der Waals surface area contributed by atoms with E-state index < -0.39 is 67.4 Å². The minimum atomic E-state index is -1.46. The van der Waals surface area contributed by atoms with Gasteiger partial charge in [-0.1, -0.05) is 30.3 Å². The van der Waals surface area contributed by atoms with Gasteiger partial charge in [0.15, 0.2) is 0 Å². The molecular weight excluding hydrogens is 400 g/mol. The van der Waals surface area contributed by atoms with E-state index in [1.165, 1.54) is 0 Å². The number of carbonyl (C=O) groups excluding carboxylic acids is 3. The first-order valence-electron chi connectivity index (χ1n) is 8.86. The Balaban J connectivity index is 2.91. The van der Waals surface area contributed by atoms with Gasteiger partial charge in [-0.2, -0.15) is 0 Å². The molecule has 164 valence electrons. The maximum absolute atomic E-state index is 12.6. The topological polar surface area (TPSA) is 208 Å². The fourth-order valence-electron chi connectivity index (χ4n) is 2.37. The van der Waals surface area contributed by atoms with E-state index in [9.17, 15) is 29.1 Å². The molecule has 3 atom stereocenters. The molecule has 8 N–H and O–H groups in total. The van der Waals surface area contributed by atoms with Crippen LogP contribution in [0.15, 0.2) is 30.3 Å². The standard InChI is InChI=1S/C18H24N4O8/c19-11(7-14(24)25)16(28)21-12(6-10-4-2-1-3-5-10)18(30)22-13(9-23)17(29)20-8-15(26)27/h1-5,11-13,23H,6-9,19H2,(H,20,29)(H,21,28)(H,22,30)(H,24,25)(H,26,27). The van der Waals surface area contributed by atoms with Crippen LogP contribution in [-0.4, -0.2) is 76.3 Å². The predicted octanol–water partition coefficient (Wildman–Crippen LogP) is -2.81. The van der Waals surface area contributed by atoms with Crippen LogP contribution in [0.3, 0.4) is 0 Å². The molecule has 0 aromatic heterocycles. The summed E-state index contributed by atoms with van der Waals surface area (Å²) in [6, 6.07) is 4.44. The zero-order valence-electron chi connectivity index (χ0n) is 15.9. The Hall–Kier alpha value is -3.51. The highest BCUT2D eigenvalue weighted by Gasteiger charge is 2.28. The van der Waals surface area contributed by atoms with Crippen molar-refractivity contribution in [3.05, 3.63) is 35.9 Å². The van der Waals surface area contributed by atoms with Crippen molar-refractivity contribution >= 4 is 29.7 Å². The predicted molar refractivity (Wildman–Crippen MR) is 102 cm³/mol. The van der Waals surface area contributed by atoms with Crippen molar-refractivity contribution in [2.75, 3.05) is 13.2 Å². The molecule has 0 bridgehead atoms. The molecule has 30 heavy (non-hydrogen) atoms. The van der Waals surface area contributed by atoms with Gasteiger partial charge in [0.25, 0.3) is 0 Å². The lowest BCUT2D eigenvalue weighted by Crippen LogP contribution is -2.57. The van der Waals surface area contributed by atoms with Gasteiger partial charge in [-0.15, -0.1) is 0 Å². The smallest absolute Gasteiger partial charge is 0.322 e. The first-order chi connectivity index (χ1) is 14.1. The molecule has 1 aromatic rings. The summed E-state index contributed by atoms with van der Waals surface area (Å²) in [5.41, 5.74) is 6.17. The molecule has 12 nitrogen and oxygen atoms in total. The summed E-state index contributed by atoms with van der Waals surface area (Å²) in [4.78, 5) is 58.0. The van der Waals surface area contributed by atoms with Gasteiger partial charge in [-0.25, -0.2) is 0 Å². The van der Waals surface area contributed by atoms with Crippen LogP contribution in [0, 0.1) is 0 Å². The van der Waals surface area contributed by atoms with E-state index >= 15 is 0 Å². The van der Waals surface area contributed by atoms with Gasteiger partial charge in [0.05, 0.1) is 19.1 Å². The second kappa shape index (κ2) is 12.1. The highest BCUT2D eigenvalue weighted by atomic mass is 16.4. The Morgan fingerprint density at radius 2 is 1.47 bits per heavy atom. The number of benzene rings is 1. The van der Waals surface area contributed by atoms with Crippen LogP contribution >= 0.6 is 0 Å². The summed E-state index contributed by atoms with van der Waals surface area (Å²) < 4.78 is 0. The molecule has 3 unspecified atom stereocenters. The van der Waals surface area contributed by atoms with Gasteiger partial charge >= 0.3 is 11.9 Å². The molecular formula is C18H24N4O8. The Morgan fingerprint density at radius 3 is 2.00 bits per heavy atom. The number of amides is 3. The maximum Gasteiger partial charge on any atom is 0.322 e. The van der Waals surface area contributed by atoms with Crippen LogP contribution in [0.2, 0.25) is 0 Å². The van der Waals surface area contributed by atoms with E-state index in [0.29, 0.717) is 5.56 Å². The molecule has 0 aliphatic carbocycles. The molecule has 0 aliphatic rings. The third-order valence-electron chi connectivity index (χ3n) is 3.88. The molecule has 0 fully saturated rings. The number of carbonyl (C=O) groups is 5. The number of carboxylic acid groups (broad SMARTS) is 2. The lowest BCUT2D eigenvalue weighted by Gasteiger charge is -2.23. The fraction of sp³-hybridized carbons (Fsp3) is 0.389. The number of rotatable bonds is 12. The van der Waals surface area contributed by atoms with E-state index in [1.807, 2.05) is 5.32 Å². The number of aliphatic hydroxyl groups excluding tert-OH is 1. The minimum absolute atomic E-state index is 0.00685. The van der Waals surface area contributed by atoms with E-state index in [-0.39, 0.29) is 6.42 Å². The number of aliphatic hydroxyl groups is 1. The zero-order chi connectivity index (χ0) is 22.7. The Kier molecular flexibility index (Phi) is 9.92. The minimum Gasteiger partial charge on any atom is -0.481 e. The summed E-state index contributed by atoms with van der Waals surface area (Å²) in [6.07, 6.45) is -0.657. The molecule has 1 aromatic carbocycles. The average Bonchev–Trinajstić information content (AvgIpc) is 2.69. The maximum atomic E-state index is 12.6. The largest absolute Gasteiger partial charge is 0.481 e. The number of aliphatic carboxylic acids is 2. The van der Waals surface area contributed by atoms with E-state index in [0.717, 1.165) is 0 Å². The SMILES string of the molecule is NC(CC(=O)O)C(=O)NC(Cc1ccccc1)C(=O)NC(CO)C(=O)NCC(=O)O. The van der Waals surface area contributed by atoms with Crippen molar-refractivity contribution in [1.29, 1.82) is 0 Å². The highest BCUT2D eigenvalue weighted by molar-refractivity contribution is 5.94. The molecule has 0 spiro atoms. The first kappa shape index (κ1) is 24.5. The van der Waals surface area contributed by atoms with Gasteiger partial charge in [-0.05, 0) is 5.56 Å². The van der Waals surface area contributed by atoms with Crippen LogP contribution in [0.5, 0.6) is 0 Å². The molecule has 0 aliphatic heterocycles. The summed E-state index contributed by atoms with van der Waals surface area (Å²) >= 11 is 0. The van der Waals surface area contributed by atoms with Gasteiger partial charge in [0.1, 0.15) is 18.6 Å². The van der Waals surface area contributed by atoms with E-state index in [2.05, 4.69) is 10.6 Å². The number of nitrogens with two attached hydrogens (primary N) is 1. The molecule has 0 saturated heterocycles. The fourth-order valence-corrected chi connectivity index (χ4v) is 2.37. The second-order valence-corrected chi connectivity index (χ2v) is 6.31. The normalized spacial score (nSPS) is 13.4. The Labute approximate surface area is 171 Å². The van der Waals surface area contributed by atoms with E-state index in [4.69, 9.17) is 15.9 Å². The average molecular weight is 424 g/mol. The van der Waals surface area contributed by atoms with Crippen molar-refractivity contribution in [2.45, 2.75) is 31.0 Å². The molecule has 12 heteroatoms. The van der Waals surface area contributed by atoms with Gasteiger partial charge in [-0.3, -0.25) is 24.0 Å². The van der Waals surface area contributed by atoms with Gasteiger partial charge in [0.2, 0.25) is 17.7 Å². The molecule has 0 saturated carbocycles. The lowest BCUT2D eigenvalue weighted by atomic mass is 10.0. The van der Waals surface area contributed by atoms with Crippen LogP contribution in [0.25, 0.3) is 0 Å². The van der Waals surface area contributed by atoms with Crippen LogP contribution in [-0.2, 0) is 30.4 Å². The Bertz CT molecular complexity index is 771. The highest BCUT2D eigenvalue weighted by Crippen LogP contribution is 2.05. The quantitative estimate of drug-likeness (QED) is 0.184. The van der Waals surface area contributed by atoms with Crippen molar-refractivity contribution in [1.82, 2.24) is 16.0 Å². The van der Waals surface area contributed by atoms with Crippen molar-refractivity contribution in [3.63, 3.8) is 0 Å². The molecule has 1 rings (SSSR count). The summed E-state index contributed by atoms with van der Waals surface area (Å²) in [7, 11) is 0. The molecule has 0 radical (unpaired) electrons. The van der Waals surface area contributed by atoms with Gasteiger partial charge in [0, 0.05) is 6.42 Å². The number of nitrogens with one attached hydrogen (secondary N) is 3. The summed E-state index contributed by atoms with van der Waals surface area (Å²) in [5.74, 6) is -5.27. The molecule has 3 amide bonds. The third kappa shape index (κ3) is 8.67. The van der Waals surface area contributed by atoms with Crippen LogP contribution in [0.1, 0.15) is 12.0 Å². The van der Waals surface area contributed by atoms with Crippen molar-refractivity contribution in [3.8, 4) is 0 Å². The third-order valence-corrected chi connectivity index (χ3v) is 3.88. The first-order valence-corrected chi connectivity index (χ1v) is 8.86. The Morgan fingerprint density at radius 1 is 0.867 bits per heavy atom. The second-order valence-electron chi connectivity index (χ2n) is 6.31. The molecule has 0 heterocycles. The van der Waals surface area contributed by atoms with Crippen molar-refractivity contribution in [2.24, 2.45) is 5.73 Å². The van der Waals surface area contributed by atoms with Crippen LogP contribution < -0.4 is 21.7 Å². The summed E-state index contributed by atoms with van der Waals surface area (Å²) in [5, 5.41) is 33.3. The number of hydrogen-bond acceptors (Lipinski definition) is 7. The number of carboxylic acids is 2. The van der Waals surface area contributed by atoms with Gasteiger partial charge < -0.3 is 37.0 Å². The lowest BCUT2D eigenvalue weighted by molar-refractivity contribution is -0.140. The van der Waals surface area contributed by atoms with E-state index in [1.54, 1.807) is 30.3 Å². The van der Waals surface area contributed by atoms with Crippen LogP contribution in [0.4, 0.5) is 0 Å². The zero-order valence-corrected chi connectivity index (χ0v) is 15.9.